The van der Waals surface area contributed by atoms with Crippen LogP contribution in [-0.2, 0) is 22.5 Å². The van der Waals surface area contributed by atoms with E-state index in [1.165, 1.54) is 4.90 Å². The van der Waals surface area contributed by atoms with E-state index in [4.69, 9.17) is 9.72 Å². The van der Waals surface area contributed by atoms with E-state index in [-0.39, 0.29) is 36.5 Å². The van der Waals surface area contributed by atoms with Crippen LogP contribution >= 0.6 is 0 Å². The molecular weight excluding hydrogens is 590 g/mol. The number of carbonyl (C=O) groups excluding carboxylic acids is 3. The number of piperidine rings is 2. The molecule has 0 spiro atoms. The smallest absolute Gasteiger partial charge is 0.410 e. The zero-order valence-corrected chi connectivity index (χ0v) is 27.3. The minimum Gasteiger partial charge on any atom is -0.508 e. The number of likely N-dealkylation sites (tertiary alicyclic amines) is 1. The first-order chi connectivity index (χ1) is 21.9. The van der Waals surface area contributed by atoms with Crippen LogP contribution < -0.4 is 15.5 Å². The fourth-order valence-corrected chi connectivity index (χ4v) is 6.30. The van der Waals surface area contributed by atoms with Gasteiger partial charge in [0.25, 0.3) is 5.91 Å². The van der Waals surface area contributed by atoms with Crippen molar-refractivity contribution in [3.8, 4) is 5.75 Å². The highest BCUT2D eigenvalue weighted by atomic mass is 16.6. The van der Waals surface area contributed by atoms with Crippen molar-refractivity contribution in [1.29, 1.82) is 0 Å². The number of aliphatic hydroxyl groups is 1. The standard InChI is InChI=1S/C33H47N7O6/c1-21(41)38-14-10-24(11-15-38)35-31-36-26(18-29(37-31)39-12-6-5-7-13-39)30(44)34-19-28(43)27-17-22-8-9-25(42)16-23(22)20-40(27)32(45)46-33(2,3)4/h8-9,16,18,24,27-28,42-43H,5-7,10-15,17,19-20H2,1-4H3,(H,34,44)(H,35,36,37)/t27-,28+/m0/s1. The molecule has 0 aliphatic carbocycles. The minimum atomic E-state index is -1.11. The van der Waals surface area contributed by atoms with Gasteiger partial charge in [0.2, 0.25) is 11.9 Å². The number of aromatic nitrogens is 2. The second kappa shape index (κ2) is 14.1. The summed E-state index contributed by atoms with van der Waals surface area (Å²) in [5.41, 5.74) is 1.12. The molecule has 3 aliphatic heterocycles. The summed E-state index contributed by atoms with van der Waals surface area (Å²) in [7, 11) is 0. The van der Waals surface area contributed by atoms with Crippen LogP contribution in [0.4, 0.5) is 16.6 Å². The summed E-state index contributed by atoms with van der Waals surface area (Å²) in [5, 5.41) is 27.6. The summed E-state index contributed by atoms with van der Waals surface area (Å²) in [5.74, 6) is 0.733. The predicted octanol–water partition coefficient (Wildman–Crippen LogP) is 3.05. The van der Waals surface area contributed by atoms with Gasteiger partial charge in [-0.05, 0) is 82.6 Å². The van der Waals surface area contributed by atoms with Crippen molar-refractivity contribution in [1.82, 2.24) is 25.1 Å². The largest absolute Gasteiger partial charge is 0.508 e. The van der Waals surface area contributed by atoms with Gasteiger partial charge in [0.15, 0.2) is 0 Å². The minimum absolute atomic E-state index is 0.0638. The topological polar surface area (TPSA) is 160 Å². The van der Waals surface area contributed by atoms with Gasteiger partial charge >= 0.3 is 6.09 Å². The average Bonchev–Trinajstić information content (AvgIpc) is 3.02. The van der Waals surface area contributed by atoms with E-state index in [0.717, 1.165) is 56.3 Å². The van der Waals surface area contributed by atoms with Crippen molar-refractivity contribution in [3.63, 3.8) is 0 Å². The molecule has 2 aromatic rings. The molecule has 0 radical (unpaired) electrons. The third-order valence-electron chi connectivity index (χ3n) is 8.80. The Morgan fingerprint density at radius 3 is 2.41 bits per heavy atom. The number of amides is 3. The molecule has 0 bridgehead atoms. The second-order valence-electron chi connectivity index (χ2n) is 13.5. The lowest BCUT2D eigenvalue weighted by atomic mass is 9.91. The van der Waals surface area contributed by atoms with Crippen molar-refractivity contribution < 1.29 is 29.3 Å². The number of fused-ring (bicyclic) bond motifs is 1. The van der Waals surface area contributed by atoms with Gasteiger partial charge in [-0.15, -0.1) is 0 Å². The van der Waals surface area contributed by atoms with E-state index in [9.17, 15) is 24.6 Å². The molecular formula is C33H47N7O6. The van der Waals surface area contributed by atoms with Gasteiger partial charge in [0.05, 0.1) is 12.1 Å². The quantitative estimate of drug-likeness (QED) is 0.355. The summed E-state index contributed by atoms with van der Waals surface area (Å²) < 4.78 is 5.64. The van der Waals surface area contributed by atoms with Crippen LogP contribution in [0, 0.1) is 0 Å². The number of anilines is 2. The van der Waals surface area contributed by atoms with Crippen LogP contribution in [0.5, 0.6) is 5.75 Å². The molecule has 13 nitrogen and oxygen atoms in total. The number of hydrogen-bond acceptors (Lipinski definition) is 10. The maximum Gasteiger partial charge on any atom is 0.410 e. The van der Waals surface area contributed by atoms with Crippen LogP contribution in [-0.4, -0.2) is 104 Å². The normalized spacial score (nSPS) is 19.7. The Balaban J connectivity index is 1.31. The number of phenols is 1. The van der Waals surface area contributed by atoms with E-state index >= 15 is 0 Å². The van der Waals surface area contributed by atoms with E-state index in [1.807, 2.05) is 4.90 Å². The van der Waals surface area contributed by atoms with Gasteiger partial charge in [-0.2, -0.15) is 4.98 Å². The number of nitrogens with one attached hydrogen (secondary N) is 2. The molecule has 2 atom stereocenters. The third kappa shape index (κ3) is 8.36. The molecule has 3 aliphatic rings. The Morgan fingerprint density at radius 1 is 1.02 bits per heavy atom. The van der Waals surface area contributed by atoms with Crippen molar-refractivity contribution in [2.45, 2.75) is 96.6 Å². The Morgan fingerprint density at radius 2 is 1.74 bits per heavy atom. The van der Waals surface area contributed by atoms with E-state index < -0.39 is 29.7 Å². The molecule has 2 fully saturated rings. The van der Waals surface area contributed by atoms with E-state index in [0.29, 0.717) is 31.3 Å². The first-order valence-electron chi connectivity index (χ1n) is 16.3. The second-order valence-corrected chi connectivity index (χ2v) is 13.5. The first kappa shape index (κ1) is 33.2. The zero-order valence-electron chi connectivity index (χ0n) is 27.3. The van der Waals surface area contributed by atoms with Gasteiger partial charge in [0, 0.05) is 58.3 Å². The van der Waals surface area contributed by atoms with E-state index in [2.05, 4.69) is 20.5 Å². The van der Waals surface area contributed by atoms with Crippen molar-refractivity contribution >= 4 is 29.7 Å². The Kier molecular flexibility index (Phi) is 10.2. The monoisotopic (exact) mass is 637 g/mol. The molecule has 2 saturated heterocycles. The summed E-state index contributed by atoms with van der Waals surface area (Å²) in [6.07, 6.45) is 3.39. The maximum atomic E-state index is 13.5. The molecule has 0 unspecified atom stereocenters. The number of aliphatic hydroxyl groups excluding tert-OH is 1. The third-order valence-corrected chi connectivity index (χ3v) is 8.80. The van der Waals surface area contributed by atoms with Crippen LogP contribution in [0.1, 0.15) is 81.4 Å². The molecule has 3 amide bonds. The molecule has 250 valence electrons. The summed E-state index contributed by atoms with van der Waals surface area (Å²) >= 11 is 0. The fourth-order valence-electron chi connectivity index (χ4n) is 6.30. The average molecular weight is 638 g/mol. The molecule has 46 heavy (non-hydrogen) atoms. The molecule has 13 heteroatoms. The van der Waals surface area contributed by atoms with Crippen molar-refractivity contribution in [3.05, 3.63) is 41.1 Å². The summed E-state index contributed by atoms with van der Waals surface area (Å²) in [6.45, 7) is 9.92. The number of benzene rings is 1. The number of hydrogen-bond donors (Lipinski definition) is 4. The number of ether oxygens (including phenoxy) is 1. The SMILES string of the molecule is CC(=O)N1CCC(Nc2nc(C(=O)NC[C@@H](O)[C@@H]3Cc4ccc(O)cc4CN3C(=O)OC(C)(C)C)cc(N3CCCCC3)n2)CC1. The first-order valence-corrected chi connectivity index (χ1v) is 16.3. The number of nitrogens with zero attached hydrogens (tertiary/aromatic N) is 5. The molecule has 1 aromatic carbocycles. The van der Waals surface area contributed by atoms with Crippen molar-refractivity contribution in [2.24, 2.45) is 0 Å². The Hall–Kier alpha value is -4.13. The fraction of sp³-hybridized carbons (Fsp3) is 0.606. The molecule has 5 rings (SSSR count). The summed E-state index contributed by atoms with van der Waals surface area (Å²) in [6, 6.07) is 6.08. The Labute approximate surface area is 270 Å². The van der Waals surface area contributed by atoms with Gasteiger partial charge in [0.1, 0.15) is 22.9 Å². The van der Waals surface area contributed by atoms with Crippen LogP contribution in [0.3, 0.4) is 0 Å². The van der Waals surface area contributed by atoms with Crippen LogP contribution in [0.15, 0.2) is 24.3 Å². The molecule has 4 heterocycles. The lowest BCUT2D eigenvalue weighted by Crippen LogP contribution is -2.54. The predicted molar refractivity (Wildman–Crippen MR) is 173 cm³/mol. The number of phenolic OH excluding ortho intramolecular Hbond substituents is 1. The van der Waals surface area contributed by atoms with Gasteiger partial charge < -0.3 is 35.4 Å². The maximum absolute atomic E-state index is 13.5. The lowest BCUT2D eigenvalue weighted by Gasteiger charge is -2.40. The Bertz CT molecular complexity index is 1420. The highest BCUT2D eigenvalue weighted by molar-refractivity contribution is 5.93. The number of aromatic hydroxyl groups is 1. The van der Waals surface area contributed by atoms with Crippen molar-refractivity contribution in [2.75, 3.05) is 42.9 Å². The molecule has 1 aromatic heterocycles. The molecule has 0 saturated carbocycles. The summed E-state index contributed by atoms with van der Waals surface area (Å²) in [4.78, 5) is 53.3. The highest BCUT2D eigenvalue weighted by Crippen LogP contribution is 2.29. The van der Waals surface area contributed by atoms with Crippen LogP contribution in [0.2, 0.25) is 0 Å². The number of rotatable bonds is 7. The number of carbonyl (C=O) groups is 3. The van der Waals surface area contributed by atoms with Crippen LogP contribution in [0.25, 0.3) is 0 Å². The molecule has 4 N–H and O–H groups in total. The van der Waals surface area contributed by atoms with Gasteiger partial charge in [-0.25, -0.2) is 9.78 Å². The highest BCUT2D eigenvalue weighted by Gasteiger charge is 2.37. The lowest BCUT2D eigenvalue weighted by molar-refractivity contribution is -0.129. The zero-order chi connectivity index (χ0) is 33.0. The van der Waals surface area contributed by atoms with E-state index in [1.54, 1.807) is 52.0 Å². The van der Waals surface area contributed by atoms with Gasteiger partial charge in [-0.3, -0.25) is 14.5 Å². The van der Waals surface area contributed by atoms with Gasteiger partial charge in [-0.1, -0.05) is 6.07 Å².